The summed E-state index contributed by atoms with van der Waals surface area (Å²) in [6.07, 6.45) is 18.8. The highest BCUT2D eigenvalue weighted by Gasteiger charge is 2.45. The lowest BCUT2D eigenvalue weighted by atomic mass is 9.84. The minimum atomic E-state index is -1.15. The van der Waals surface area contributed by atoms with Crippen LogP contribution in [0.5, 0.6) is 0 Å². The summed E-state index contributed by atoms with van der Waals surface area (Å²) in [5, 5.41) is 30.7. The van der Waals surface area contributed by atoms with Gasteiger partial charge >= 0.3 is 0 Å². The lowest BCUT2D eigenvalue weighted by Gasteiger charge is -2.49. The molecule has 0 aliphatic rings. The Morgan fingerprint density at radius 2 is 0.969 bits per heavy atom. The van der Waals surface area contributed by atoms with Gasteiger partial charge in [0.25, 0.3) is 0 Å². The van der Waals surface area contributed by atoms with E-state index < -0.39 is 24.1 Å². The summed E-state index contributed by atoms with van der Waals surface area (Å²) < 4.78 is 0. The number of unbranched alkanes of at least 4 members (excludes halogenated alkanes) is 15. The number of hydrogen-bond donors (Lipinski definition) is 4. The summed E-state index contributed by atoms with van der Waals surface area (Å²) in [5.41, 5.74) is 5.40. The Morgan fingerprint density at radius 1 is 0.625 bits per heavy atom. The van der Waals surface area contributed by atoms with Gasteiger partial charge in [0.2, 0.25) is 0 Å². The zero-order valence-electron chi connectivity index (χ0n) is 22.2. The SMILES string of the molecule is CCCCCCCCCCCCCCCCCCN(C(C)O)C(N)(C(C)O)C(C)C(C)O. The molecule has 32 heavy (non-hydrogen) atoms. The predicted octanol–water partition coefficient (Wildman–Crippen LogP) is 5.94. The first-order chi connectivity index (χ1) is 15.2. The maximum Gasteiger partial charge on any atom is 0.106 e. The number of aliphatic hydroxyl groups excluding tert-OH is 3. The van der Waals surface area contributed by atoms with Crippen LogP contribution in [0.3, 0.4) is 0 Å². The number of hydrogen-bond acceptors (Lipinski definition) is 5. The molecule has 5 N–H and O–H groups in total. The van der Waals surface area contributed by atoms with Crippen LogP contribution in [0, 0.1) is 5.92 Å². The molecule has 0 bridgehead atoms. The lowest BCUT2D eigenvalue weighted by molar-refractivity contribution is -0.144. The minimum Gasteiger partial charge on any atom is -0.393 e. The molecule has 0 aromatic rings. The molecule has 0 saturated heterocycles. The number of nitrogens with zero attached hydrogens (tertiary/aromatic N) is 1. The van der Waals surface area contributed by atoms with Crippen LogP contribution < -0.4 is 5.73 Å². The van der Waals surface area contributed by atoms with Gasteiger partial charge < -0.3 is 21.1 Å². The molecule has 194 valence electrons. The normalized spacial score (nSPS) is 17.8. The van der Waals surface area contributed by atoms with Gasteiger partial charge in [-0.15, -0.1) is 0 Å². The van der Waals surface area contributed by atoms with E-state index in [0.717, 1.165) is 12.8 Å². The monoisotopic (exact) mass is 458 g/mol. The summed E-state index contributed by atoms with van der Waals surface area (Å²) in [6, 6.07) is 0. The van der Waals surface area contributed by atoms with Crippen molar-refractivity contribution in [3.8, 4) is 0 Å². The van der Waals surface area contributed by atoms with Crippen LogP contribution in [0.15, 0.2) is 0 Å². The quantitative estimate of drug-likeness (QED) is 0.119. The van der Waals surface area contributed by atoms with Crippen LogP contribution >= 0.6 is 0 Å². The van der Waals surface area contributed by atoms with E-state index in [2.05, 4.69) is 6.92 Å². The van der Waals surface area contributed by atoms with Gasteiger partial charge in [-0.1, -0.05) is 110 Å². The molecule has 0 aliphatic heterocycles. The predicted molar refractivity (Wildman–Crippen MR) is 137 cm³/mol. The fourth-order valence-electron chi connectivity index (χ4n) is 4.80. The molecule has 0 heterocycles. The zero-order valence-corrected chi connectivity index (χ0v) is 22.2. The molecule has 0 spiro atoms. The molecular formula is C27H58N2O3. The third-order valence-electron chi connectivity index (χ3n) is 7.32. The highest BCUT2D eigenvalue weighted by Crippen LogP contribution is 2.28. The fourth-order valence-corrected chi connectivity index (χ4v) is 4.80. The standard InChI is InChI=1S/C27H58N2O3/c1-6-7-8-9-10-11-12-13-14-15-16-17-18-19-20-21-22-29(26(5)32)27(28,25(4)31)23(2)24(3)30/h23-26,30-32H,6-22,28H2,1-5H3. The second-order valence-corrected chi connectivity index (χ2v) is 10.2. The first-order valence-electron chi connectivity index (χ1n) is 13.8. The average Bonchev–Trinajstić information content (AvgIpc) is 2.74. The third-order valence-corrected chi connectivity index (χ3v) is 7.32. The van der Waals surface area contributed by atoms with E-state index in [0.29, 0.717) is 6.54 Å². The van der Waals surface area contributed by atoms with Crippen molar-refractivity contribution in [3.05, 3.63) is 0 Å². The van der Waals surface area contributed by atoms with Crippen LogP contribution in [-0.2, 0) is 0 Å². The molecule has 0 amide bonds. The van der Waals surface area contributed by atoms with E-state index >= 15 is 0 Å². The van der Waals surface area contributed by atoms with Crippen molar-refractivity contribution in [1.82, 2.24) is 4.90 Å². The van der Waals surface area contributed by atoms with Crippen molar-refractivity contribution >= 4 is 0 Å². The van der Waals surface area contributed by atoms with Crippen molar-refractivity contribution in [1.29, 1.82) is 0 Å². The van der Waals surface area contributed by atoms with Gasteiger partial charge in [-0.2, -0.15) is 0 Å². The van der Waals surface area contributed by atoms with E-state index in [1.807, 2.05) is 6.92 Å². The van der Waals surface area contributed by atoms with Crippen LogP contribution in [0.25, 0.3) is 0 Å². The van der Waals surface area contributed by atoms with Crippen molar-refractivity contribution in [2.75, 3.05) is 6.54 Å². The maximum atomic E-state index is 10.4. The first kappa shape index (κ1) is 31.8. The second kappa shape index (κ2) is 19.1. The van der Waals surface area contributed by atoms with Gasteiger partial charge in [0.05, 0.1) is 12.2 Å². The van der Waals surface area contributed by atoms with Crippen molar-refractivity contribution in [3.63, 3.8) is 0 Å². The number of nitrogens with two attached hydrogens (primary N) is 1. The van der Waals surface area contributed by atoms with E-state index in [1.54, 1.807) is 25.7 Å². The first-order valence-corrected chi connectivity index (χ1v) is 13.8. The van der Waals surface area contributed by atoms with Crippen LogP contribution in [0.2, 0.25) is 0 Å². The van der Waals surface area contributed by atoms with Crippen molar-refractivity contribution in [2.24, 2.45) is 11.7 Å². The molecule has 5 unspecified atom stereocenters. The summed E-state index contributed by atoms with van der Waals surface area (Å²) in [5.74, 6) is -0.363. The molecule has 0 saturated carbocycles. The van der Waals surface area contributed by atoms with Gasteiger partial charge in [-0.25, -0.2) is 0 Å². The van der Waals surface area contributed by atoms with Gasteiger partial charge in [-0.05, 0) is 27.2 Å². The Bertz CT molecular complexity index is 418. The Labute approximate surface area is 200 Å². The Hall–Kier alpha value is -0.200. The number of rotatable bonds is 22. The lowest BCUT2D eigenvalue weighted by Crippen LogP contribution is -2.70. The summed E-state index contributed by atoms with van der Waals surface area (Å²) in [4.78, 5) is 1.76. The zero-order chi connectivity index (χ0) is 24.4. The molecule has 0 aliphatic carbocycles. The Balaban J connectivity index is 3.90. The van der Waals surface area contributed by atoms with Crippen molar-refractivity contribution < 1.29 is 15.3 Å². The van der Waals surface area contributed by atoms with Gasteiger partial charge in [-0.3, -0.25) is 4.90 Å². The van der Waals surface area contributed by atoms with Crippen LogP contribution in [0.4, 0.5) is 0 Å². The topological polar surface area (TPSA) is 90.0 Å². The van der Waals surface area contributed by atoms with E-state index in [9.17, 15) is 15.3 Å². The minimum absolute atomic E-state index is 0.363. The second-order valence-electron chi connectivity index (χ2n) is 10.2. The van der Waals surface area contributed by atoms with Gasteiger partial charge in [0, 0.05) is 12.5 Å². The molecule has 0 aromatic carbocycles. The molecule has 0 rings (SSSR count). The average molecular weight is 459 g/mol. The molecule has 5 heteroatoms. The molecular weight excluding hydrogens is 400 g/mol. The number of aliphatic hydroxyl groups is 3. The summed E-state index contributed by atoms with van der Waals surface area (Å²) in [7, 11) is 0. The highest BCUT2D eigenvalue weighted by molar-refractivity contribution is 4.96. The Morgan fingerprint density at radius 3 is 1.25 bits per heavy atom. The highest BCUT2D eigenvalue weighted by atomic mass is 16.3. The molecule has 0 aromatic heterocycles. The largest absolute Gasteiger partial charge is 0.393 e. The van der Waals surface area contributed by atoms with E-state index in [4.69, 9.17) is 5.73 Å². The van der Waals surface area contributed by atoms with Gasteiger partial charge in [0.1, 0.15) is 11.9 Å². The van der Waals surface area contributed by atoms with Crippen LogP contribution in [-0.4, -0.2) is 50.9 Å². The summed E-state index contributed by atoms with van der Waals surface area (Å²) >= 11 is 0. The van der Waals surface area contributed by atoms with E-state index in [1.165, 1.54) is 89.9 Å². The molecule has 0 radical (unpaired) electrons. The Kier molecular flexibility index (Phi) is 19.0. The maximum absolute atomic E-state index is 10.4. The van der Waals surface area contributed by atoms with Crippen LogP contribution in [0.1, 0.15) is 137 Å². The van der Waals surface area contributed by atoms with E-state index in [-0.39, 0.29) is 5.92 Å². The van der Waals surface area contributed by atoms with Crippen molar-refractivity contribution in [2.45, 2.75) is 161 Å². The molecule has 5 nitrogen and oxygen atoms in total. The summed E-state index contributed by atoms with van der Waals surface area (Å²) in [6.45, 7) is 9.74. The molecule has 0 fully saturated rings. The smallest absolute Gasteiger partial charge is 0.106 e. The third kappa shape index (κ3) is 12.9. The van der Waals surface area contributed by atoms with Gasteiger partial charge in [0.15, 0.2) is 0 Å². The molecule has 5 atom stereocenters. The fraction of sp³-hybridized carbons (Fsp3) is 1.00.